The van der Waals surface area contributed by atoms with Crippen molar-refractivity contribution >= 4 is 0 Å². The first-order chi connectivity index (χ1) is 8.92. The summed E-state index contributed by atoms with van der Waals surface area (Å²) >= 11 is 0. The molecule has 1 aromatic heterocycles. The quantitative estimate of drug-likeness (QED) is 0.702. The van der Waals surface area contributed by atoms with Gasteiger partial charge < -0.3 is 4.74 Å². The molecule has 0 aliphatic heterocycles. The van der Waals surface area contributed by atoms with Crippen molar-refractivity contribution in [2.45, 2.75) is 0 Å². The average molecular weight is 237 g/mol. The molecular formula is C14H11N3O. The Morgan fingerprint density at radius 3 is 2.22 bits per heavy atom. The minimum absolute atomic E-state index is 0.796. The summed E-state index contributed by atoms with van der Waals surface area (Å²) in [7, 11) is 0. The van der Waals surface area contributed by atoms with Crippen LogP contribution in [-0.2, 0) is 0 Å². The van der Waals surface area contributed by atoms with Crippen LogP contribution in [0.5, 0.6) is 11.5 Å². The van der Waals surface area contributed by atoms with Crippen LogP contribution in [0.15, 0.2) is 67.3 Å². The van der Waals surface area contributed by atoms with Crippen molar-refractivity contribution < 1.29 is 4.74 Å². The Kier molecular flexibility index (Phi) is 2.75. The van der Waals surface area contributed by atoms with Crippen LogP contribution < -0.4 is 4.74 Å². The number of hydrogen-bond acceptors (Lipinski definition) is 3. The lowest BCUT2D eigenvalue weighted by molar-refractivity contribution is 0.482. The summed E-state index contributed by atoms with van der Waals surface area (Å²) in [4.78, 5) is 3.91. The molecule has 3 rings (SSSR count). The molecular weight excluding hydrogens is 226 g/mol. The Hall–Kier alpha value is -2.62. The van der Waals surface area contributed by atoms with Crippen LogP contribution in [0, 0.1) is 0 Å². The van der Waals surface area contributed by atoms with Gasteiger partial charge in [-0.2, -0.15) is 5.10 Å². The number of nitrogens with zero attached hydrogens (tertiary/aromatic N) is 3. The molecule has 4 heteroatoms. The first-order valence-corrected chi connectivity index (χ1v) is 5.60. The number of hydrogen-bond donors (Lipinski definition) is 0. The van der Waals surface area contributed by atoms with E-state index in [2.05, 4.69) is 10.1 Å². The lowest BCUT2D eigenvalue weighted by atomic mass is 10.3. The maximum absolute atomic E-state index is 5.71. The van der Waals surface area contributed by atoms with Gasteiger partial charge in [0.25, 0.3) is 0 Å². The van der Waals surface area contributed by atoms with Gasteiger partial charge in [0.2, 0.25) is 0 Å². The van der Waals surface area contributed by atoms with Crippen LogP contribution in [0.1, 0.15) is 0 Å². The van der Waals surface area contributed by atoms with Gasteiger partial charge in [0.05, 0.1) is 5.69 Å². The van der Waals surface area contributed by atoms with Crippen LogP contribution in [0.3, 0.4) is 0 Å². The van der Waals surface area contributed by atoms with E-state index >= 15 is 0 Å². The highest BCUT2D eigenvalue weighted by molar-refractivity contribution is 5.38. The third kappa shape index (κ3) is 2.22. The first-order valence-electron chi connectivity index (χ1n) is 5.60. The second-order valence-corrected chi connectivity index (χ2v) is 3.75. The van der Waals surface area contributed by atoms with E-state index in [1.807, 2.05) is 54.6 Å². The Labute approximate surface area is 104 Å². The van der Waals surface area contributed by atoms with Crippen LogP contribution in [0.4, 0.5) is 0 Å². The maximum Gasteiger partial charge on any atom is 0.138 e. The molecule has 1 heterocycles. The molecule has 0 saturated carbocycles. The van der Waals surface area contributed by atoms with Crippen molar-refractivity contribution in [1.82, 2.24) is 14.8 Å². The molecule has 4 nitrogen and oxygen atoms in total. The molecule has 0 unspecified atom stereocenters. The molecule has 0 radical (unpaired) electrons. The second kappa shape index (κ2) is 4.71. The molecule has 88 valence electrons. The van der Waals surface area contributed by atoms with E-state index in [1.54, 1.807) is 11.0 Å². The summed E-state index contributed by atoms with van der Waals surface area (Å²) in [5.41, 5.74) is 0.952. The molecule has 2 aromatic carbocycles. The van der Waals surface area contributed by atoms with Crippen LogP contribution in [0.25, 0.3) is 5.69 Å². The molecule has 0 amide bonds. The summed E-state index contributed by atoms with van der Waals surface area (Å²) in [5.74, 6) is 1.62. The standard InChI is InChI=1S/C14H11N3O/c1-2-4-13(5-3-1)18-14-8-6-12(7-9-14)17-11-15-10-16-17/h1-11H. The summed E-state index contributed by atoms with van der Waals surface area (Å²) in [6, 6.07) is 17.4. The summed E-state index contributed by atoms with van der Waals surface area (Å²) in [5, 5.41) is 4.06. The van der Waals surface area contributed by atoms with E-state index in [4.69, 9.17) is 4.74 Å². The predicted octanol–water partition coefficient (Wildman–Crippen LogP) is 3.06. The monoisotopic (exact) mass is 237 g/mol. The van der Waals surface area contributed by atoms with Crippen molar-refractivity contribution in [3.05, 3.63) is 67.3 Å². The zero-order valence-corrected chi connectivity index (χ0v) is 9.60. The number of aromatic nitrogens is 3. The smallest absolute Gasteiger partial charge is 0.138 e. The normalized spacial score (nSPS) is 10.2. The first kappa shape index (κ1) is 10.5. The van der Waals surface area contributed by atoms with Gasteiger partial charge in [-0.05, 0) is 36.4 Å². The highest BCUT2D eigenvalue weighted by Crippen LogP contribution is 2.21. The fourth-order valence-corrected chi connectivity index (χ4v) is 1.63. The van der Waals surface area contributed by atoms with E-state index in [-0.39, 0.29) is 0 Å². The van der Waals surface area contributed by atoms with Crippen molar-refractivity contribution in [2.24, 2.45) is 0 Å². The van der Waals surface area contributed by atoms with Gasteiger partial charge in [-0.15, -0.1) is 0 Å². The molecule has 0 aliphatic carbocycles. The topological polar surface area (TPSA) is 39.9 Å². The zero-order chi connectivity index (χ0) is 12.2. The van der Waals surface area contributed by atoms with Crippen molar-refractivity contribution in [1.29, 1.82) is 0 Å². The Morgan fingerprint density at radius 2 is 1.56 bits per heavy atom. The van der Waals surface area contributed by atoms with Crippen LogP contribution in [0.2, 0.25) is 0 Å². The van der Waals surface area contributed by atoms with Gasteiger partial charge >= 0.3 is 0 Å². The number of rotatable bonds is 3. The lowest BCUT2D eigenvalue weighted by Crippen LogP contribution is -1.93. The van der Waals surface area contributed by atoms with Crippen LogP contribution in [-0.4, -0.2) is 14.8 Å². The average Bonchev–Trinajstić information content (AvgIpc) is 2.95. The predicted molar refractivity (Wildman–Crippen MR) is 67.9 cm³/mol. The lowest BCUT2D eigenvalue weighted by Gasteiger charge is -2.06. The molecule has 0 spiro atoms. The fraction of sp³-hybridized carbons (Fsp3) is 0. The molecule has 0 saturated heterocycles. The molecule has 0 fully saturated rings. The maximum atomic E-state index is 5.71. The van der Waals surface area contributed by atoms with Crippen molar-refractivity contribution in [2.75, 3.05) is 0 Å². The van der Waals surface area contributed by atoms with E-state index in [9.17, 15) is 0 Å². The molecule has 0 bridgehead atoms. The Morgan fingerprint density at radius 1 is 0.833 bits per heavy atom. The van der Waals surface area contributed by atoms with Gasteiger partial charge in [-0.1, -0.05) is 18.2 Å². The SMILES string of the molecule is c1ccc(Oc2ccc(-n3cncn3)cc2)cc1. The molecule has 0 aliphatic rings. The zero-order valence-electron chi connectivity index (χ0n) is 9.60. The summed E-state index contributed by atoms with van der Waals surface area (Å²) in [6.45, 7) is 0. The minimum Gasteiger partial charge on any atom is -0.457 e. The van der Waals surface area contributed by atoms with Gasteiger partial charge in [0, 0.05) is 0 Å². The minimum atomic E-state index is 0.796. The third-order valence-corrected chi connectivity index (χ3v) is 2.50. The highest BCUT2D eigenvalue weighted by Gasteiger charge is 1.99. The van der Waals surface area contributed by atoms with Gasteiger partial charge in [-0.3, -0.25) is 0 Å². The fourth-order valence-electron chi connectivity index (χ4n) is 1.63. The van der Waals surface area contributed by atoms with E-state index < -0.39 is 0 Å². The van der Waals surface area contributed by atoms with E-state index in [1.165, 1.54) is 6.33 Å². The van der Waals surface area contributed by atoms with Gasteiger partial charge in [0.1, 0.15) is 24.2 Å². The highest BCUT2D eigenvalue weighted by atomic mass is 16.5. The van der Waals surface area contributed by atoms with Gasteiger partial charge in [0.15, 0.2) is 0 Å². The second-order valence-electron chi connectivity index (χ2n) is 3.75. The Balaban J connectivity index is 1.80. The Bertz CT molecular complexity index is 603. The van der Waals surface area contributed by atoms with Gasteiger partial charge in [-0.25, -0.2) is 9.67 Å². The molecule has 0 N–H and O–H groups in total. The van der Waals surface area contributed by atoms with E-state index in [0.717, 1.165) is 17.2 Å². The van der Waals surface area contributed by atoms with Crippen molar-refractivity contribution in [3.63, 3.8) is 0 Å². The van der Waals surface area contributed by atoms with Crippen LogP contribution >= 0.6 is 0 Å². The third-order valence-electron chi connectivity index (χ3n) is 2.50. The van der Waals surface area contributed by atoms with E-state index in [0.29, 0.717) is 0 Å². The van der Waals surface area contributed by atoms with Crippen molar-refractivity contribution in [3.8, 4) is 17.2 Å². The molecule has 3 aromatic rings. The summed E-state index contributed by atoms with van der Waals surface area (Å²) < 4.78 is 7.41. The number of ether oxygens (including phenoxy) is 1. The number of benzene rings is 2. The number of para-hydroxylation sites is 1. The largest absolute Gasteiger partial charge is 0.457 e. The summed E-state index contributed by atoms with van der Waals surface area (Å²) in [6.07, 6.45) is 3.17. The molecule has 0 atom stereocenters. The molecule has 18 heavy (non-hydrogen) atoms.